The van der Waals surface area contributed by atoms with Crippen LogP contribution in [-0.4, -0.2) is 28.0 Å². The summed E-state index contributed by atoms with van der Waals surface area (Å²) in [6.45, 7) is 5.86. The van der Waals surface area contributed by atoms with E-state index in [-0.39, 0.29) is 5.28 Å². The molecule has 4 nitrogen and oxygen atoms in total. The number of aryl methyl sites for hydroxylation is 2. The minimum atomic E-state index is 0.268. The molecule has 0 aliphatic heterocycles. The van der Waals surface area contributed by atoms with Gasteiger partial charge in [-0.1, -0.05) is 30.3 Å². The van der Waals surface area contributed by atoms with Gasteiger partial charge in [-0.15, -0.1) is 0 Å². The Bertz CT molecular complexity index is 541. The maximum Gasteiger partial charge on any atom is 0.229 e. The average molecular weight is 291 g/mol. The minimum Gasteiger partial charge on any atom is -0.341 e. The van der Waals surface area contributed by atoms with Crippen molar-refractivity contribution in [3.8, 4) is 0 Å². The molecule has 20 heavy (non-hydrogen) atoms. The van der Waals surface area contributed by atoms with Crippen LogP contribution >= 0.6 is 11.6 Å². The van der Waals surface area contributed by atoms with Crippen molar-refractivity contribution in [2.24, 2.45) is 0 Å². The maximum absolute atomic E-state index is 6.00. The van der Waals surface area contributed by atoms with Crippen LogP contribution in [0.25, 0.3) is 0 Å². The molecular formula is C15H19ClN4. The van der Waals surface area contributed by atoms with Crippen molar-refractivity contribution >= 4 is 17.5 Å². The Hall–Kier alpha value is -1.68. The molecular weight excluding hydrogens is 272 g/mol. The predicted octanol–water partition coefficient (Wildman–Crippen LogP) is 3.16. The number of aromatic nitrogens is 3. The third-order valence-electron chi connectivity index (χ3n) is 3.17. The highest BCUT2D eigenvalue weighted by Crippen LogP contribution is 2.12. The second kappa shape index (κ2) is 7.20. The third-order valence-corrected chi connectivity index (χ3v) is 3.34. The Morgan fingerprint density at radius 3 is 2.30 bits per heavy atom. The van der Waals surface area contributed by atoms with Gasteiger partial charge in [-0.25, -0.2) is 4.98 Å². The molecule has 0 saturated carbocycles. The average Bonchev–Trinajstić information content (AvgIpc) is 2.47. The molecule has 1 heterocycles. The number of hydrogen-bond donors (Lipinski definition) is 0. The van der Waals surface area contributed by atoms with Gasteiger partial charge in [0.1, 0.15) is 5.82 Å². The lowest BCUT2D eigenvalue weighted by atomic mass is 10.1. The van der Waals surface area contributed by atoms with Gasteiger partial charge >= 0.3 is 0 Å². The molecule has 2 aromatic rings. The second-order valence-corrected chi connectivity index (χ2v) is 4.82. The van der Waals surface area contributed by atoms with E-state index in [1.807, 2.05) is 18.2 Å². The number of rotatable bonds is 6. The predicted molar refractivity (Wildman–Crippen MR) is 82.2 cm³/mol. The van der Waals surface area contributed by atoms with E-state index in [4.69, 9.17) is 11.6 Å². The summed E-state index contributed by atoms with van der Waals surface area (Å²) in [5, 5.41) is 0.268. The van der Waals surface area contributed by atoms with Gasteiger partial charge in [-0.3, -0.25) is 0 Å². The number of benzene rings is 1. The van der Waals surface area contributed by atoms with Crippen molar-refractivity contribution in [2.75, 3.05) is 18.0 Å². The molecule has 1 aromatic carbocycles. The second-order valence-electron chi connectivity index (χ2n) is 4.48. The SMILES string of the molecule is CCN(CC)c1nc(Cl)nc(CCc2ccccc2)n1. The van der Waals surface area contributed by atoms with Gasteiger partial charge in [0.25, 0.3) is 0 Å². The first-order valence-electron chi connectivity index (χ1n) is 6.92. The first kappa shape index (κ1) is 14.7. The summed E-state index contributed by atoms with van der Waals surface area (Å²) in [5.74, 6) is 1.41. The smallest absolute Gasteiger partial charge is 0.229 e. The molecule has 0 spiro atoms. The van der Waals surface area contributed by atoms with Crippen LogP contribution in [0.5, 0.6) is 0 Å². The van der Waals surface area contributed by atoms with Gasteiger partial charge < -0.3 is 4.90 Å². The van der Waals surface area contributed by atoms with Gasteiger partial charge in [0.05, 0.1) is 0 Å². The summed E-state index contributed by atoms with van der Waals surface area (Å²) >= 11 is 6.00. The molecule has 0 amide bonds. The van der Waals surface area contributed by atoms with E-state index in [0.717, 1.165) is 31.8 Å². The fourth-order valence-electron chi connectivity index (χ4n) is 2.04. The van der Waals surface area contributed by atoms with Crippen LogP contribution in [0.15, 0.2) is 30.3 Å². The Morgan fingerprint density at radius 2 is 1.65 bits per heavy atom. The lowest BCUT2D eigenvalue weighted by Crippen LogP contribution is -2.25. The highest BCUT2D eigenvalue weighted by molar-refractivity contribution is 6.28. The largest absolute Gasteiger partial charge is 0.341 e. The van der Waals surface area contributed by atoms with Gasteiger partial charge in [0.15, 0.2) is 0 Å². The summed E-state index contributed by atoms with van der Waals surface area (Å²) in [6.07, 6.45) is 1.67. The van der Waals surface area contributed by atoms with Gasteiger partial charge in [-0.2, -0.15) is 9.97 Å². The molecule has 0 atom stereocenters. The molecule has 0 radical (unpaired) electrons. The summed E-state index contributed by atoms with van der Waals surface area (Å²) in [4.78, 5) is 15.0. The van der Waals surface area contributed by atoms with Crippen molar-refractivity contribution in [2.45, 2.75) is 26.7 Å². The Morgan fingerprint density at radius 1 is 0.950 bits per heavy atom. The van der Waals surface area contributed by atoms with E-state index in [0.29, 0.717) is 5.95 Å². The van der Waals surface area contributed by atoms with Crippen LogP contribution in [0.2, 0.25) is 5.28 Å². The molecule has 0 fully saturated rings. The van der Waals surface area contributed by atoms with E-state index in [2.05, 4.69) is 45.8 Å². The quantitative estimate of drug-likeness (QED) is 0.819. The monoisotopic (exact) mass is 290 g/mol. The molecule has 0 bridgehead atoms. The number of nitrogens with zero attached hydrogens (tertiary/aromatic N) is 4. The summed E-state index contributed by atoms with van der Waals surface area (Å²) < 4.78 is 0. The van der Waals surface area contributed by atoms with Crippen LogP contribution in [0.1, 0.15) is 25.2 Å². The first-order chi connectivity index (χ1) is 9.72. The van der Waals surface area contributed by atoms with Crippen LogP contribution < -0.4 is 4.90 Å². The highest BCUT2D eigenvalue weighted by Gasteiger charge is 2.10. The zero-order valence-electron chi connectivity index (χ0n) is 11.9. The summed E-state index contributed by atoms with van der Waals surface area (Å²) in [7, 11) is 0. The van der Waals surface area contributed by atoms with Crippen molar-refractivity contribution in [1.82, 2.24) is 15.0 Å². The molecule has 5 heteroatoms. The van der Waals surface area contributed by atoms with Crippen LogP contribution in [0.4, 0.5) is 5.95 Å². The number of anilines is 1. The van der Waals surface area contributed by atoms with Crippen LogP contribution in [-0.2, 0) is 12.8 Å². The highest BCUT2D eigenvalue weighted by atomic mass is 35.5. The van der Waals surface area contributed by atoms with Gasteiger partial charge in [0.2, 0.25) is 11.2 Å². The Labute approximate surface area is 124 Å². The molecule has 0 aliphatic rings. The zero-order chi connectivity index (χ0) is 14.4. The Balaban J connectivity index is 2.12. The fourth-order valence-corrected chi connectivity index (χ4v) is 2.21. The summed E-state index contributed by atoms with van der Waals surface area (Å²) in [6, 6.07) is 10.3. The van der Waals surface area contributed by atoms with E-state index in [1.165, 1.54) is 5.56 Å². The number of halogens is 1. The van der Waals surface area contributed by atoms with E-state index in [9.17, 15) is 0 Å². The topological polar surface area (TPSA) is 41.9 Å². The van der Waals surface area contributed by atoms with Crippen LogP contribution in [0, 0.1) is 0 Å². The summed E-state index contributed by atoms with van der Waals surface area (Å²) in [5.41, 5.74) is 1.27. The fraction of sp³-hybridized carbons (Fsp3) is 0.400. The molecule has 2 rings (SSSR count). The van der Waals surface area contributed by atoms with Crippen molar-refractivity contribution < 1.29 is 0 Å². The lowest BCUT2D eigenvalue weighted by molar-refractivity contribution is 0.774. The van der Waals surface area contributed by atoms with Gasteiger partial charge in [0, 0.05) is 19.5 Å². The first-order valence-corrected chi connectivity index (χ1v) is 7.30. The van der Waals surface area contributed by atoms with Crippen molar-refractivity contribution in [1.29, 1.82) is 0 Å². The van der Waals surface area contributed by atoms with E-state index >= 15 is 0 Å². The van der Waals surface area contributed by atoms with Crippen molar-refractivity contribution in [3.05, 3.63) is 47.0 Å². The van der Waals surface area contributed by atoms with E-state index in [1.54, 1.807) is 0 Å². The normalized spacial score (nSPS) is 10.6. The van der Waals surface area contributed by atoms with Crippen molar-refractivity contribution in [3.63, 3.8) is 0 Å². The molecule has 0 N–H and O–H groups in total. The van der Waals surface area contributed by atoms with Gasteiger partial charge in [-0.05, 0) is 37.4 Å². The standard InChI is InChI=1S/C15H19ClN4/c1-3-20(4-2)15-18-13(17-14(16)19-15)11-10-12-8-6-5-7-9-12/h5-9H,3-4,10-11H2,1-2H3. The van der Waals surface area contributed by atoms with Crippen LogP contribution in [0.3, 0.4) is 0 Å². The third kappa shape index (κ3) is 3.90. The minimum absolute atomic E-state index is 0.268. The molecule has 106 valence electrons. The molecule has 0 saturated heterocycles. The Kier molecular flexibility index (Phi) is 5.30. The molecule has 0 aliphatic carbocycles. The molecule has 0 unspecified atom stereocenters. The maximum atomic E-state index is 6.00. The van der Waals surface area contributed by atoms with E-state index < -0.39 is 0 Å². The number of hydrogen-bond acceptors (Lipinski definition) is 4. The lowest BCUT2D eigenvalue weighted by Gasteiger charge is -2.18. The molecule has 1 aromatic heterocycles. The zero-order valence-corrected chi connectivity index (χ0v) is 12.6.